The van der Waals surface area contributed by atoms with Gasteiger partial charge in [-0.05, 0) is 73.6 Å². The van der Waals surface area contributed by atoms with Gasteiger partial charge in [-0.1, -0.05) is 0 Å². The standard InChI is InChI=1S/C21H40N4O/c1-17(22-20(3,4)5)24-10-8-19(9-11-24)16-21(6,7)23-18(2)25-12-14-26-15-13-25/h19H,8-16H2,1-7H3. The maximum absolute atomic E-state index is 5.45. The number of likely N-dealkylation sites (tertiary alicyclic amines) is 1. The summed E-state index contributed by atoms with van der Waals surface area (Å²) in [6.07, 6.45) is 3.65. The van der Waals surface area contributed by atoms with Gasteiger partial charge in [-0.3, -0.25) is 9.98 Å². The molecule has 2 fully saturated rings. The molecule has 150 valence electrons. The molecule has 0 radical (unpaired) electrons. The zero-order valence-electron chi connectivity index (χ0n) is 18.1. The van der Waals surface area contributed by atoms with Crippen LogP contribution >= 0.6 is 0 Å². The maximum atomic E-state index is 5.45. The van der Waals surface area contributed by atoms with Crippen molar-refractivity contribution in [2.24, 2.45) is 15.9 Å². The van der Waals surface area contributed by atoms with Crippen LogP contribution in [-0.4, -0.2) is 71.9 Å². The zero-order valence-corrected chi connectivity index (χ0v) is 18.1. The van der Waals surface area contributed by atoms with Crippen molar-refractivity contribution in [2.75, 3.05) is 39.4 Å². The third-order valence-corrected chi connectivity index (χ3v) is 5.29. The Bertz CT molecular complexity index is 505. The topological polar surface area (TPSA) is 40.4 Å². The van der Waals surface area contributed by atoms with E-state index in [1.165, 1.54) is 24.5 Å². The van der Waals surface area contributed by atoms with Crippen molar-refractivity contribution in [1.29, 1.82) is 0 Å². The Labute approximate surface area is 160 Å². The van der Waals surface area contributed by atoms with Crippen LogP contribution in [0, 0.1) is 5.92 Å². The van der Waals surface area contributed by atoms with E-state index in [2.05, 4.69) is 58.3 Å². The Balaban J connectivity index is 1.86. The van der Waals surface area contributed by atoms with E-state index in [0.717, 1.165) is 51.7 Å². The van der Waals surface area contributed by atoms with Crippen LogP contribution in [0.3, 0.4) is 0 Å². The van der Waals surface area contributed by atoms with Crippen molar-refractivity contribution in [3.8, 4) is 0 Å². The lowest BCUT2D eigenvalue weighted by Gasteiger charge is -2.37. The summed E-state index contributed by atoms with van der Waals surface area (Å²) in [6.45, 7) is 21.2. The predicted molar refractivity (Wildman–Crippen MR) is 111 cm³/mol. The van der Waals surface area contributed by atoms with Gasteiger partial charge >= 0.3 is 0 Å². The number of rotatable bonds is 3. The van der Waals surface area contributed by atoms with Crippen LogP contribution in [0.2, 0.25) is 0 Å². The van der Waals surface area contributed by atoms with Gasteiger partial charge in [0.05, 0.1) is 36.0 Å². The Kier molecular flexibility index (Phi) is 7.12. The fraction of sp³-hybridized carbons (Fsp3) is 0.905. The van der Waals surface area contributed by atoms with E-state index in [1.807, 2.05) is 0 Å². The van der Waals surface area contributed by atoms with Crippen molar-refractivity contribution in [3.05, 3.63) is 0 Å². The summed E-state index contributed by atoms with van der Waals surface area (Å²) < 4.78 is 5.45. The van der Waals surface area contributed by atoms with Crippen LogP contribution < -0.4 is 0 Å². The van der Waals surface area contributed by atoms with Crippen molar-refractivity contribution in [3.63, 3.8) is 0 Å². The lowest BCUT2D eigenvalue weighted by molar-refractivity contribution is 0.0673. The molecule has 0 atom stereocenters. The van der Waals surface area contributed by atoms with E-state index in [1.54, 1.807) is 0 Å². The minimum atomic E-state index is 0.00374. The second kappa shape index (κ2) is 8.73. The molecule has 0 N–H and O–H groups in total. The van der Waals surface area contributed by atoms with Gasteiger partial charge < -0.3 is 14.5 Å². The molecule has 5 heteroatoms. The molecule has 2 saturated heterocycles. The van der Waals surface area contributed by atoms with E-state index in [0.29, 0.717) is 0 Å². The summed E-state index contributed by atoms with van der Waals surface area (Å²) in [6, 6.07) is 0. The van der Waals surface area contributed by atoms with Gasteiger partial charge in [-0.15, -0.1) is 0 Å². The second-order valence-electron chi connectivity index (χ2n) is 9.54. The van der Waals surface area contributed by atoms with Gasteiger partial charge in [0, 0.05) is 26.2 Å². The number of piperidine rings is 1. The maximum Gasteiger partial charge on any atom is 0.0965 e. The molecule has 0 bridgehead atoms. The predicted octanol–water partition coefficient (Wildman–Crippen LogP) is 3.83. The first-order chi connectivity index (χ1) is 12.1. The average molecular weight is 365 g/mol. The second-order valence-corrected chi connectivity index (χ2v) is 9.54. The zero-order chi connectivity index (χ0) is 19.4. The number of morpholine rings is 1. The summed E-state index contributed by atoms with van der Waals surface area (Å²) in [5, 5.41) is 0. The van der Waals surface area contributed by atoms with Crippen molar-refractivity contribution >= 4 is 11.7 Å². The molecule has 2 heterocycles. The average Bonchev–Trinajstić information content (AvgIpc) is 2.54. The fourth-order valence-corrected chi connectivity index (χ4v) is 4.16. The van der Waals surface area contributed by atoms with Crippen LogP contribution in [0.4, 0.5) is 0 Å². The first-order valence-corrected chi connectivity index (χ1v) is 10.3. The molecule has 0 saturated carbocycles. The Hall–Kier alpha value is -1.10. The highest BCUT2D eigenvalue weighted by atomic mass is 16.5. The first kappa shape index (κ1) is 21.2. The highest BCUT2D eigenvalue weighted by Gasteiger charge is 2.28. The van der Waals surface area contributed by atoms with E-state index in [-0.39, 0.29) is 11.1 Å². The number of amidine groups is 2. The molecular weight excluding hydrogens is 324 g/mol. The number of aliphatic imine (C=N–C) groups is 2. The van der Waals surface area contributed by atoms with Crippen LogP contribution in [0.15, 0.2) is 9.98 Å². The molecule has 0 aromatic heterocycles. The van der Waals surface area contributed by atoms with Crippen molar-refractivity contribution in [2.45, 2.75) is 78.8 Å². The van der Waals surface area contributed by atoms with E-state index in [9.17, 15) is 0 Å². The van der Waals surface area contributed by atoms with Gasteiger partial charge in [0.2, 0.25) is 0 Å². The van der Waals surface area contributed by atoms with Gasteiger partial charge in [0.15, 0.2) is 0 Å². The molecule has 0 aromatic carbocycles. The highest BCUT2D eigenvalue weighted by molar-refractivity contribution is 5.80. The number of hydrogen-bond donors (Lipinski definition) is 0. The molecule has 26 heavy (non-hydrogen) atoms. The van der Waals surface area contributed by atoms with Crippen LogP contribution in [0.5, 0.6) is 0 Å². The van der Waals surface area contributed by atoms with E-state index in [4.69, 9.17) is 14.7 Å². The molecule has 0 amide bonds. The van der Waals surface area contributed by atoms with Crippen molar-refractivity contribution in [1.82, 2.24) is 9.80 Å². The number of ether oxygens (including phenoxy) is 1. The SMILES string of the molecule is CC(=NC(C)(C)C)N1CCC(CC(C)(C)N=C(C)N2CCOCC2)CC1. The summed E-state index contributed by atoms with van der Waals surface area (Å²) >= 11 is 0. The third kappa shape index (κ3) is 6.90. The van der Waals surface area contributed by atoms with Gasteiger partial charge in [0.1, 0.15) is 0 Å². The molecule has 2 rings (SSSR count). The number of nitrogens with zero attached hydrogens (tertiary/aromatic N) is 4. The van der Waals surface area contributed by atoms with Gasteiger partial charge in [-0.25, -0.2) is 0 Å². The smallest absolute Gasteiger partial charge is 0.0965 e. The summed E-state index contributed by atoms with van der Waals surface area (Å²) in [5.74, 6) is 3.12. The monoisotopic (exact) mass is 364 g/mol. The van der Waals surface area contributed by atoms with Crippen LogP contribution in [0.1, 0.15) is 67.7 Å². The fourth-order valence-electron chi connectivity index (χ4n) is 4.16. The first-order valence-electron chi connectivity index (χ1n) is 10.3. The summed E-state index contributed by atoms with van der Waals surface area (Å²) in [5.41, 5.74) is 0.0123. The van der Waals surface area contributed by atoms with E-state index >= 15 is 0 Å². The Morgan fingerprint density at radius 2 is 1.35 bits per heavy atom. The molecule has 0 spiro atoms. The third-order valence-electron chi connectivity index (χ3n) is 5.29. The molecule has 2 aliphatic rings. The molecule has 2 aliphatic heterocycles. The normalized spacial score (nSPS) is 22.1. The van der Waals surface area contributed by atoms with E-state index < -0.39 is 0 Å². The molecule has 0 aromatic rings. The summed E-state index contributed by atoms with van der Waals surface area (Å²) in [4.78, 5) is 14.7. The lowest BCUT2D eigenvalue weighted by Crippen LogP contribution is -2.42. The number of hydrogen-bond acceptors (Lipinski definition) is 3. The van der Waals surface area contributed by atoms with Gasteiger partial charge in [0.25, 0.3) is 0 Å². The lowest BCUT2D eigenvalue weighted by atomic mass is 9.84. The molecule has 0 aliphatic carbocycles. The highest BCUT2D eigenvalue weighted by Crippen LogP contribution is 2.29. The van der Waals surface area contributed by atoms with Gasteiger partial charge in [-0.2, -0.15) is 0 Å². The molecular formula is C21H40N4O. The minimum Gasteiger partial charge on any atom is -0.378 e. The minimum absolute atomic E-state index is 0.00374. The molecule has 5 nitrogen and oxygen atoms in total. The van der Waals surface area contributed by atoms with Crippen molar-refractivity contribution < 1.29 is 4.74 Å². The van der Waals surface area contributed by atoms with Crippen LogP contribution in [-0.2, 0) is 4.74 Å². The van der Waals surface area contributed by atoms with Crippen LogP contribution in [0.25, 0.3) is 0 Å². The quantitative estimate of drug-likeness (QED) is 0.564. The Morgan fingerprint density at radius 3 is 1.88 bits per heavy atom. The Morgan fingerprint density at radius 1 is 0.846 bits per heavy atom. The molecule has 0 unspecified atom stereocenters. The summed E-state index contributed by atoms with van der Waals surface area (Å²) in [7, 11) is 0. The largest absolute Gasteiger partial charge is 0.378 e.